The normalized spacial score (nSPS) is 12.4. The summed E-state index contributed by atoms with van der Waals surface area (Å²) in [7, 11) is 0. The molecule has 0 aliphatic heterocycles. The summed E-state index contributed by atoms with van der Waals surface area (Å²) in [6.45, 7) is 5.00. The lowest BCUT2D eigenvalue weighted by Gasteiger charge is -2.18. The lowest BCUT2D eigenvalue weighted by Crippen LogP contribution is -2.41. The van der Waals surface area contributed by atoms with Crippen molar-refractivity contribution in [3.8, 4) is 18.4 Å². The van der Waals surface area contributed by atoms with E-state index in [2.05, 4.69) is 11.2 Å². The van der Waals surface area contributed by atoms with E-state index in [0.29, 0.717) is 6.42 Å². The standard InChI is InChI=1S/C10H14N2O/c1-5-8(6-2)12-9(13)10(3,4)7-11/h1,8H,6H2,2-4H3,(H,12,13). The van der Waals surface area contributed by atoms with E-state index in [-0.39, 0.29) is 11.9 Å². The molecule has 1 unspecified atom stereocenters. The number of amides is 1. The maximum atomic E-state index is 11.4. The van der Waals surface area contributed by atoms with Crippen molar-refractivity contribution in [1.82, 2.24) is 5.32 Å². The third-order valence-corrected chi connectivity index (χ3v) is 1.76. The smallest absolute Gasteiger partial charge is 0.240 e. The van der Waals surface area contributed by atoms with E-state index >= 15 is 0 Å². The molecule has 0 aliphatic rings. The lowest BCUT2D eigenvalue weighted by atomic mass is 9.94. The Bertz CT molecular complexity index is 268. The van der Waals surface area contributed by atoms with Crippen molar-refractivity contribution in [2.45, 2.75) is 33.2 Å². The zero-order chi connectivity index (χ0) is 10.5. The highest BCUT2D eigenvalue weighted by molar-refractivity contribution is 5.84. The van der Waals surface area contributed by atoms with Gasteiger partial charge in [0, 0.05) is 0 Å². The van der Waals surface area contributed by atoms with Crippen LogP contribution in [0.15, 0.2) is 0 Å². The van der Waals surface area contributed by atoms with Crippen LogP contribution in [0, 0.1) is 29.1 Å². The Kier molecular flexibility index (Phi) is 4.01. The Morgan fingerprint density at radius 2 is 2.23 bits per heavy atom. The lowest BCUT2D eigenvalue weighted by molar-refractivity contribution is -0.127. The molecule has 1 N–H and O–H groups in total. The molecule has 0 spiro atoms. The van der Waals surface area contributed by atoms with Crippen molar-refractivity contribution in [1.29, 1.82) is 5.26 Å². The zero-order valence-electron chi connectivity index (χ0n) is 8.22. The molecule has 0 heterocycles. The van der Waals surface area contributed by atoms with Gasteiger partial charge in [0.25, 0.3) is 0 Å². The van der Waals surface area contributed by atoms with Crippen molar-refractivity contribution in [2.75, 3.05) is 0 Å². The molecule has 3 nitrogen and oxygen atoms in total. The van der Waals surface area contributed by atoms with Crippen LogP contribution >= 0.6 is 0 Å². The number of hydrogen-bond acceptors (Lipinski definition) is 2. The van der Waals surface area contributed by atoms with E-state index in [9.17, 15) is 4.79 Å². The second-order valence-electron chi connectivity index (χ2n) is 3.34. The molecule has 0 radical (unpaired) electrons. The monoisotopic (exact) mass is 178 g/mol. The van der Waals surface area contributed by atoms with Crippen molar-refractivity contribution in [3.63, 3.8) is 0 Å². The van der Waals surface area contributed by atoms with Gasteiger partial charge >= 0.3 is 0 Å². The minimum absolute atomic E-state index is 0.278. The van der Waals surface area contributed by atoms with Gasteiger partial charge in [-0.25, -0.2) is 0 Å². The fourth-order valence-electron chi connectivity index (χ4n) is 0.651. The highest BCUT2D eigenvalue weighted by Crippen LogP contribution is 2.13. The largest absolute Gasteiger partial charge is 0.341 e. The van der Waals surface area contributed by atoms with Gasteiger partial charge in [-0.15, -0.1) is 6.42 Å². The second kappa shape index (κ2) is 4.52. The Morgan fingerprint density at radius 1 is 1.69 bits per heavy atom. The topological polar surface area (TPSA) is 52.9 Å². The second-order valence-corrected chi connectivity index (χ2v) is 3.34. The average molecular weight is 178 g/mol. The number of nitrogens with one attached hydrogen (secondary N) is 1. The molecule has 13 heavy (non-hydrogen) atoms. The highest BCUT2D eigenvalue weighted by Gasteiger charge is 2.28. The molecule has 0 rings (SSSR count). The van der Waals surface area contributed by atoms with Gasteiger partial charge in [0.2, 0.25) is 5.91 Å². The first kappa shape index (κ1) is 11.5. The molecule has 0 aromatic heterocycles. The predicted molar refractivity (Wildman–Crippen MR) is 50.4 cm³/mol. The first-order chi connectivity index (χ1) is 5.97. The molecular weight excluding hydrogens is 164 g/mol. The van der Waals surface area contributed by atoms with Gasteiger partial charge in [0.1, 0.15) is 5.41 Å². The maximum absolute atomic E-state index is 11.4. The van der Waals surface area contributed by atoms with Gasteiger partial charge < -0.3 is 5.32 Å². The van der Waals surface area contributed by atoms with E-state index in [4.69, 9.17) is 11.7 Å². The zero-order valence-corrected chi connectivity index (χ0v) is 8.22. The Morgan fingerprint density at radius 3 is 2.54 bits per heavy atom. The molecule has 0 fully saturated rings. The third kappa shape index (κ3) is 3.17. The van der Waals surface area contributed by atoms with Crippen LogP contribution in [0.1, 0.15) is 27.2 Å². The van der Waals surface area contributed by atoms with Crippen molar-refractivity contribution in [3.05, 3.63) is 0 Å². The number of rotatable bonds is 3. The maximum Gasteiger partial charge on any atom is 0.240 e. The van der Waals surface area contributed by atoms with Crippen LogP contribution in [0.2, 0.25) is 0 Å². The van der Waals surface area contributed by atoms with Crippen molar-refractivity contribution in [2.24, 2.45) is 5.41 Å². The Labute approximate surface area is 79.1 Å². The van der Waals surface area contributed by atoms with E-state index < -0.39 is 5.41 Å². The molecular formula is C10H14N2O. The summed E-state index contributed by atoms with van der Waals surface area (Å²) >= 11 is 0. The van der Waals surface area contributed by atoms with Gasteiger partial charge in [0.05, 0.1) is 12.1 Å². The van der Waals surface area contributed by atoms with Crippen LogP contribution in [-0.2, 0) is 4.79 Å². The molecule has 0 aromatic carbocycles. The van der Waals surface area contributed by atoms with Crippen LogP contribution in [0.4, 0.5) is 0 Å². The molecule has 0 saturated heterocycles. The van der Waals surface area contributed by atoms with Crippen LogP contribution in [0.5, 0.6) is 0 Å². The SMILES string of the molecule is C#CC(CC)NC(=O)C(C)(C)C#N. The summed E-state index contributed by atoms with van der Waals surface area (Å²) in [5.41, 5.74) is -1.01. The molecule has 0 aliphatic carbocycles. The van der Waals surface area contributed by atoms with Crippen LogP contribution in [0.25, 0.3) is 0 Å². The summed E-state index contributed by atoms with van der Waals surface area (Å²) in [4.78, 5) is 11.4. The number of terminal acetylenes is 1. The summed E-state index contributed by atoms with van der Waals surface area (Å²) in [6, 6.07) is 1.64. The number of carbonyl (C=O) groups excluding carboxylic acids is 1. The predicted octanol–water partition coefficient (Wildman–Crippen LogP) is 1.06. The summed E-state index contributed by atoms with van der Waals surface area (Å²) in [5, 5.41) is 11.3. The van der Waals surface area contributed by atoms with Crippen LogP contribution in [-0.4, -0.2) is 11.9 Å². The van der Waals surface area contributed by atoms with Crippen molar-refractivity contribution < 1.29 is 4.79 Å². The van der Waals surface area contributed by atoms with Gasteiger partial charge in [-0.3, -0.25) is 4.79 Å². The van der Waals surface area contributed by atoms with Crippen LogP contribution < -0.4 is 5.32 Å². The first-order valence-corrected chi connectivity index (χ1v) is 4.16. The molecule has 0 aromatic rings. The van der Waals surface area contributed by atoms with E-state index in [0.717, 1.165) is 0 Å². The summed E-state index contributed by atoms with van der Waals surface area (Å²) < 4.78 is 0. The minimum atomic E-state index is -1.01. The minimum Gasteiger partial charge on any atom is -0.341 e. The fraction of sp³-hybridized carbons (Fsp3) is 0.600. The Hall–Kier alpha value is -1.48. The molecule has 0 saturated carbocycles. The fourth-order valence-corrected chi connectivity index (χ4v) is 0.651. The number of hydrogen-bond donors (Lipinski definition) is 1. The highest BCUT2D eigenvalue weighted by atomic mass is 16.2. The van der Waals surface area contributed by atoms with E-state index in [1.165, 1.54) is 0 Å². The van der Waals surface area contributed by atoms with Gasteiger partial charge in [-0.2, -0.15) is 5.26 Å². The number of nitriles is 1. The molecule has 1 atom stereocenters. The van der Waals surface area contributed by atoms with E-state index in [1.807, 2.05) is 13.0 Å². The summed E-state index contributed by atoms with van der Waals surface area (Å²) in [5.74, 6) is 2.12. The first-order valence-electron chi connectivity index (χ1n) is 4.16. The van der Waals surface area contributed by atoms with Gasteiger partial charge in [0.15, 0.2) is 0 Å². The average Bonchev–Trinajstić information content (AvgIpc) is 2.13. The van der Waals surface area contributed by atoms with Crippen LogP contribution in [0.3, 0.4) is 0 Å². The molecule has 1 amide bonds. The molecule has 3 heteroatoms. The molecule has 70 valence electrons. The number of nitrogens with zero attached hydrogens (tertiary/aromatic N) is 1. The van der Waals surface area contributed by atoms with Gasteiger partial charge in [-0.05, 0) is 20.3 Å². The molecule has 0 bridgehead atoms. The van der Waals surface area contributed by atoms with E-state index in [1.54, 1.807) is 13.8 Å². The Balaban J connectivity index is 4.34. The third-order valence-electron chi connectivity index (χ3n) is 1.76. The van der Waals surface area contributed by atoms with Gasteiger partial charge in [-0.1, -0.05) is 12.8 Å². The van der Waals surface area contributed by atoms with Crippen molar-refractivity contribution >= 4 is 5.91 Å². The summed E-state index contributed by atoms with van der Waals surface area (Å²) in [6.07, 6.45) is 5.84. The quantitative estimate of drug-likeness (QED) is 0.657. The number of carbonyl (C=O) groups is 1.